The molecule has 2 aromatic heterocycles. The molecule has 3 aliphatic rings. The van der Waals surface area contributed by atoms with E-state index in [4.69, 9.17) is 23.7 Å². The minimum atomic E-state index is -1.45. The summed E-state index contributed by atoms with van der Waals surface area (Å²) in [5.74, 6) is -4.77. The van der Waals surface area contributed by atoms with E-state index < -0.39 is 83.4 Å². The molecule has 2 aromatic rings. The molecule has 0 saturated carbocycles. The lowest BCUT2D eigenvalue weighted by Gasteiger charge is -2.47. The first-order valence-corrected chi connectivity index (χ1v) is 20.0. The van der Waals surface area contributed by atoms with Gasteiger partial charge in [0, 0.05) is 43.6 Å². The van der Waals surface area contributed by atoms with Gasteiger partial charge in [-0.05, 0) is 84.8 Å². The fourth-order valence-corrected chi connectivity index (χ4v) is 9.03. The Morgan fingerprint density at radius 1 is 1.02 bits per heavy atom. The molecule has 3 saturated heterocycles. The van der Waals surface area contributed by atoms with Gasteiger partial charge in [0.25, 0.3) is 0 Å². The van der Waals surface area contributed by atoms with E-state index in [0.29, 0.717) is 30.9 Å². The van der Waals surface area contributed by atoms with Crippen LogP contribution >= 0.6 is 0 Å². The number of aliphatic hydroxyl groups excluding tert-OH is 1. The number of cyclic esters (lactones) is 1. The maximum Gasteiger partial charge on any atom is 0.410 e. The zero-order valence-corrected chi connectivity index (χ0v) is 35.2. The fraction of sp³-hybridized carbons (Fsp3) is 0.750. The number of carbonyl (C=O) groups excluding carboxylic acids is 4. The lowest BCUT2D eigenvalue weighted by Crippen LogP contribution is -2.60. The highest BCUT2D eigenvalue weighted by molar-refractivity contribution is 6.00. The number of tetrazole rings is 1. The van der Waals surface area contributed by atoms with Crippen molar-refractivity contribution in [3.8, 4) is 11.5 Å². The second-order valence-electron chi connectivity index (χ2n) is 16.7. The van der Waals surface area contributed by atoms with Crippen molar-refractivity contribution in [3.05, 3.63) is 24.4 Å². The third-order valence-electron chi connectivity index (χ3n) is 12.3. The number of likely N-dealkylation sites (N-methyl/N-ethyl adjacent to an activating group) is 1. The molecular formula is C40H61N7O10. The van der Waals surface area contributed by atoms with Gasteiger partial charge in [0.2, 0.25) is 5.82 Å². The van der Waals surface area contributed by atoms with Crippen LogP contribution in [-0.4, -0.2) is 145 Å². The number of ketones is 2. The van der Waals surface area contributed by atoms with Crippen molar-refractivity contribution in [1.82, 2.24) is 35.0 Å². The number of Topliss-reactive ketones (excluding diaryl/α,β-unsaturated/α-hetero) is 2. The Bertz CT molecular complexity index is 1730. The van der Waals surface area contributed by atoms with Crippen LogP contribution in [0.25, 0.3) is 11.5 Å². The molecule has 57 heavy (non-hydrogen) atoms. The number of aromatic nitrogens is 5. The molecule has 316 valence electrons. The van der Waals surface area contributed by atoms with Gasteiger partial charge in [-0.3, -0.25) is 19.4 Å². The predicted molar refractivity (Wildman–Crippen MR) is 205 cm³/mol. The summed E-state index contributed by atoms with van der Waals surface area (Å²) in [4.78, 5) is 65.9. The topological polar surface area (TPSA) is 198 Å². The number of hydrogen-bond donors (Lipinski definition) is 1. The van der Waals surface area contributed by atoms with Gasteiger partial charge >= 0.3 is 12.1 Å². The number of esters is 1. The molecule has 0 aliphatic carbocycles. The first-order chi connectivity index (χ1) is 26.9. The quantitative estimate of drug-likeness (QED) is 0.271. The van der Waals surface area contributed by atoms with Crippen molar-refractivity contribution >= 4 is 23.6 Å². The van der Waals surface area contributed by atoms with Gasteiger partial charge in [-0.1, -0.05) is 33.8 Å². The molecule has 5 rings (SSSR count). The van der Waals surface area contributed by atoms with E-state index in [2.05, 4.69) is 20.4 Å². The summed E-state index contributed by atoms with van der Waals surface area (Å²) >= 11 is 0. The molecule has 1 amide bonds. The Kier molecular flexibility index (Phi) is 13.9. The van der Waals surface area contributed by atoms with E-state index in [1.54, 1.807) is 59.9 Å². The van der Waals surface area contributed by atoms with Crippen LogP contribution in [0.5, 0.6) is 0 Å². The predicted octanol–water partition coefficient (Wildman–Crippen LogP) is 3.33. The number of amides is 1. The summed E-state index contributed by atoms with van der Waals surface area (Å²) in [5.41, 5.74) is -2.16. The molecular weight excluding hydrogens is 738 g/mol. The van der Waals surface area contributed by atoms with E-state index in [9.17, 15) is 24.3 Å². The van der Waals surface area contributed by atoms with Gasteiger partial charge in [-0.25, -0.2) is 4.79 Å². The Morgan fingerprint density at radius 3 is 2.37 bits per heavy atom. The lowest BCUT2D eigenvalue weighted by atomic mass is 9.73. The smallest absolute Gasteiger partial charge is 0.410 e. The SMILES string of the molecule is CC[C@H]1OC(=O)[C@H](C)C(=O)[C@H](C)[C@@H](O[C@@H]2O[C@H](C)C[C@H](N(C)C)[C@H]2O)[C@](C)(OC)C[C@@H](C)C(=O)[C@H](C)[C@H]2N(CCCn3nnc(-c4ccccn4)n3)C(=O)O[C@]12C. The summed E-state index contributed by atoms with van der Waals surface area (Å²) in [6.07, 6.45) is -2.23. The summed E-state index contributed by atoms with van der Waals surface area (Å²) in [6, 6.07) is 4.26. The highest BCUT2D eigenvalue weighted by atomic mass is 16.7. The van der Waals surface area contributed by atoms with E-state index in [-0.39, 0.29) is 37.3 Å². The maximum absolute atomic E-state index is 14.7. The van der Waals surface area contributed by atoms with Crippen molar-refractivity contribution in [3.63, 3.8) is 0 Å². The first kappa shape index (κ1) is 44.2. The van der Waals surface area contributed by atoms with Gasteiger partial charge in [0.1, 0.15) is 29.6 Å². The zero-order valence-electron chi connectivity index (χ0n) is 35.2. The van der Waals surface area contributed by atoms with Crippen LogP contribution in [0.3, 0.4) is 0 Å². The van der Waals surface area contributed by atoms with E-state index in [1.807, 2.05) is 32.0 Å². The van der Waals surface area contributed by atoms with Crippen molar-refractivity contribution in [2.45, 2.75) is 142 Å². The molecule has 0 bridgehead atoms. The largest absolute Gasteiger partial charge is 0.458 e. The molecule has 0 unspecified atom stereocenters. The van der Waals surface area contributed by atoms with Crippen LogP contribution in [0.1, 0.15) is 81.1 Å². The lowest BCUT2D eigenvalue weighted by molar-refractivity contribution is -0.295. The third-order valence-corrected chi connectivity index (χ3v) is 12.3. The molecule has 17 heteroatoms. The highest BCUT2D eigenvalue weighted by Crippen LogP contribution is 2.43. The fourth-order valence-electron chi connectivity index (χ4n) is 9.03. The van der Waals surface area contributed by atoms with E-state index >= 15 is 0 Å². The average molecular weight is 800 g/mol. The molecule has 5 heterocycles. The van der Waals surface area contributed by atoms with Gasteiger partial charge < -0.3 is 38.6 Å². The Labute approximate surface area is 335 Å². The second kappa shape index (κ2) is 17.9. The number of fused-ring (bicyclic) bond motifs is 1. The molecule has 3 fully saturated rings. The molecule has 13 atom stereocenters. The number of ether oxygens (including phenoxy) is 5. The normalized spacial score (nSPS) is 37.1. The number of rotatable bonds is 10. The van der Waals surface area contributed by atoms with Crippen LogP contribution < -0.4 is 0 Å². The summed E-state index contributed by atoms with van der Waals surface area (Å²) in [5, 5.41) is 24.1. The molecule has 17 nitrogen and oxygen atoms in total. The number of aliphatic hydroxyl groups is 1. The summed E-state index contributed by atoms with van der Waals surface area (Å²) in [6.45, 7) is 14.3. The third kappa shape index (κ3) is 9.07. The van der Waals surface area contributed by atoms with Gasteiger partial charge in [-0.15, -0.1) is 10.2 Å². The molecule has 0 spiro atoms. The molecule has 0 radical (unpaired) electrons. The van der Waals surface area contributed by atoms with Gasteiger partial charge in [-0.2, -0.15) is 4.80 Å². The number of carbonyl (C=O) groups is 4. The second-order valence-corrected chi connectivity index (χ2v) is 16.7. The van der Waals surface area contributed by atoms with Gasteiger partial charge in [0.15, 0.2) is 17.7 Å². The van der Waals surface area contributed by atoms with E-state index in [0.717, 1.165) is 0 Å². The first-order valence-electron chi connectivity index (χ1n) is 20.0. The zero-order chi connectivity index (χ0) is 42.0. The maximum atomic E-state index is 14.7. The van der Waals surface area contributed by atoms with Crippen LogP contribution in [0.2, 0.25) is 0 Å². The molecule has 3 aliphatic heterocycles. The Hall–Kier alpha value is -3.90. The van der Waals surface area contributed by atoms with Crippen molar-refractivity contribution in [1.29, 1.82) is 0 Å². The summed E-state index contributed by atoms with van der Waals surface area (Å²) < 4.78 is 31.1. The Balaban J connectivity index is 1.47. The number of pyridine rings is 1. The number of methoxy groups -OCH3 is 1. The van der Waals surface area contributed by atoms with Crippen LogP contribution in [0.4, 0.5) is 4.79 Å². The van der Waals surface area contributed by atoms with Gasteiger partial charge in [0.05, 0.1) is 30.4 Å². The number of nitrogens with zero attached hydrogens (tertiary/aromatic N) is 7. The minimum Gasteiger partial charge on any atom is -0.458 e. The minimum absolute atomic E-state index is 0.106. The Morgan fingerprint density at radius 2 is 1.74 bits per heavy atom. The monoisotopic (exact) mass is 799 g/mol. The molecule has 1 N–H and O–H groups in total. The van der Waals surface area contributed by atoms with Crippen LogP contribution in [0.15, 0.2) is 24.4 Å². The number of hydrogen-bond acceptors (Lipinski definition) is 15. The van der Waals surface area contributed by atoms with Crippen LogP contribution in [0, 0.1) is 23.7 Å². The standard InChI is InChI=1S/C40H61N7O10/c1-12-29-40(8)33(46(38(52)57-40)18-15-19-47-43-35(42-44-47)27-16-13-14-17-41-27)24(4)30(48)22(2)21-39(7,53-11)34(25(5)31(49)26(6)36(51)55-29)56-37-32(50)28(45(9)10)20-23(3)54-37/h13-14,16-17,22-26,28-29,32-34,37,50H,12,15,18-21H2,1-11H3/t22-,23-,24+,25+,26-,28+,29-,32-,33-,34-,37+,39-,40-/m1/s1. The average Bonchev–Trinajstić information content (AvgIpc) is 3.76. The van der Waals surface area contributed by atoms with Crippen LogP contribution in [-0.2, 0) is 44.6 Å². The van der Waals surface area contributed by atoms with Crippen molar-refractivity contribution in [2.75, 3.05) is 27.7 Å². The highest BCUT2D eigenvalue weighted by Gasteiger charge is 2.60. The van der Waals surface area contributed by atoms with Crippen molar-refractivity contribution < 1.29 is 48.0 Å². The number of aryl methyl sites for hydroxylation is 1. The summed E-state index contributed by atoms with van der Waals surface area (Å²) in [7, 11) is 5.21. The van der Waals surface area contributed by atoms with E-state index in [1.165, 1.54) is 23.7 Å². The van der Waals surface area contributed by atoms with Crippen molar-refractivity contribution in [2.24, 2.45) is 23.7 Å². The molecule has 0 aromatic carbocycles.